The number of hydrazone groups is 1. The Morgan fingerprint density at radius 3 is 2.26 bits per heavy atom. The quantitative estimate of drug-likeness (QED) is 0.113. The van der Waals surface area contributed by atoms with Crippen molar-refractivity contribution in [2.75, 3.05) is 37.0 Å². The van der Waals surface area contributed by atoms with E-state index >= 15 is 0 Å². The number of carbonyl (C=O) groups excluding carboxylic acids is 2. The van der Waals surface area contributed by atoms with Crippen LogP contribution in [-0.2, 0) is 19.6 Å². The van der Waals surface area contributed by atoms with Crippen LogP contribution < -0.4 is 29.3 Å². The van der Waals surface area contributed by atoms with Crippen LogP contribution in [0, 0.1) is 17.0 Å². The van der Waals surface area contributed by atoms with Gasteiger partial charge in [0.2, 0.25) is 0 Å². The Labute approximate surface area is 270 Å². The molecular weight excluding hydrogens is 630 g/mol. The number of ether oxygens (including phenoxy) is 3. The number of hydrogen-bond acceptors (Lipinski definition) is 10. The first kappa shape index (κ1) is 33.9. The van der Waals surface area contributed by atoms with Crippen molar-refractivity contribution in [3.63, 3.8) is 0 Å². The summed E-state index contributed by atoms with van der Waals surface area (Å²) in [5, 5.41) is 18.1. The summed E-state index contributed by atoms with van der Waals surface area (Å²) in [6, 6.07) is 22.9. The average Bonchev–Trinajstić information content (AvgIpc) is 3.07. The molecule has 2 N–H and O–H groups in total. The first-order chi connectivity index (χ1) is 22.5. The van der Waals surface area contributed by atoms with E-state index in [2.05, 4.69) is 15.8 Å². The van der Waals surface area contributed by atoms with Crippen LogP contribution in [0.25, 0.3) is 0 Å². The minimum atomic E-state index is -4.43. The van der Waals surface area contributed by atoms with Gasteiger partial charge in [-0.3, -0.25) is 24.0 Å². The van der Waals surface area contributed by atoms with E-state index in [1.165, 1.54) is 63.8 Å². The smallest absolute Gasteiger partial charge is 0.273 e. The van der Waals surface area contributed by atoms with Crippen molar-refractivity contribution >= 4 is 45.1 Å². The molecule has 244 valence electrons. The number of anilines is 2. The average molecular weight is 662 g/mol. The van der Waals surface area contributed by atoms with Crippen molar-refractivity contribution in [1.82, 2.24) is 5.43 Å². The number of amides is 2. The molecule has 0 atom stereocenters. The molecule has 0 fully saturated rings. The number of hydrogen-bond donors (Lipinski definition) is 2. The topological polar surface area (TPSA) is 179 Å². The fourth-order valence-corrected chi connectivity index (χ4v) is 5.66. The zero-order valence-electron chi connectivity index (χ0n) is 25.6. The fraction of sp³-hybridized carbons (Fsp3) is 0.156. The molecule has 0 saturated carbocycles. The van der Waals surface area contributed by atoms with Crippen LogP contribution >= 0.6 is 0 Å². The number of nitrogens with zero attached hydrogens (tertiary/aromatic N) is 3. The second-order valence-electron chi connectivity index (χ2n) is 9.81. The highest BCUT2D eigenvalue weighted by atomic mass is 32.2. The van der Waals surface area contributed by atoms with Gasteiger partial charge >= 0.3 is 0 Å². The van der Waals surface area contributed by atoms with Gasteiger partial charge in [-0.25, -0.2) is 13.8 Å². The molecule has 0 aromatic heterocycles. The molecule has 4 aromatic carbocycles. The lowest BCUT2D eigenvalue weighted by Crippen LogP contribution is -2.39. The Hall–Kier alpha value is -5.96. The minimum Gasteiger partial charge on any atom is -0.497 e. The van der Waals surface area contributed by atoms with Crippen molar-refractivity contribution in [2.45, 2.75) is 11.8 Å². The van der Waals surface area contributed by atoms with Gasteiger partial charge in [-0.05, 0) is 79.2 Å². The summed E-state index contributed by atoms with van der Waals surface area (Å²) in [4.78, 5) is 35.6. The van der Waals surface area contributed by atoms with E-state index in [0.717, 1.165) is 10.4 Å². The Morgan fingerprint density at radius 2 is 1.60 bits per heavy atom. The van der Waals surface area contributed by atoms with E-state index in [4.69, 9.17) is 14.2 Å². The lowest BCUT2D eigenvalue weighted by Gasteiger charge is -2.24. The van der Waals surface area contributed by atoms with Crippen molar-refractivity contribution < 1.29 is 37.1 Å². The zero-order valence-corrected chi connectivity index (χ0v) is 26.4. The number of aryl methyl sites for hydroxylation is 1. The van der Waals surface area contributed by atoms with Crippen LogP contribution in [0.5, 0.6) is 17.2 Å². The highest BCUT2D eigenvalue weighted by Gasteiger charge is 2.29. The third kappa shape index (κ3) is 8.82. The van der Waals surface area contributed by atoms with E-state index in [1.54, 1.807) is 48.5 Å². The molecule has 0 aliphatic heterocycles. The molecule has 0 spiro atoms. The molecule has 4 rings (SSSR count). The molecule has 4 aromatic rings. The highest BCUT2D eigenvalue weighted by molar-refractivity contribution is 7.92. The number of nitro groups is 1. The molecule has 0 heterocycles. The number of rotatable bonds is 14. The van der Waals surface area contributed by atoms with E-state index in [9.17, 15) is 28.1 Å². The number of benzene rings is 4. The summed E-state index contributed by atoms with van der Waals surface area (Å²) in [5.74, 6) is 0.235. The Balaban J connectivity index is 1.40. The number of para-hydroxylation sites is 2. The molecule has 0 aliphatic carbocycles. The lowest BCUT2D eigenvalue weighted by molar-refractivity contribution is -0.385. The van der Waals surface area contributed by atoms with Gasteiger partial charge < -0.3 is 19.5 Å². The van der Waals surface area contributed by atoms with Crippen LogP contribution in [0.15, 0.2) is 101 Å². The standard InChI is InChI=1S/C32H31N5O9S/c1-22-8-17-27(18-29(22)37(40)41)47(42,43)36(24-11-15-25(44-2)16-12-24)20-31(38)35-33-19-23-9-13-26(14-10-23)46-21-32(39)34-28-6-4-5-7-30(28)45-3/h4-19H,20-21H2,1-3H3,(H,34,39)(H,35,38)/b33-19+. The molecule has 15 heteroatoms. The predicted octanol–water partition coefficient (Wildman–Crippen LogP) is 4.28. The monoisotopic (exact) mass is 661 g/mol. The summed E-state index contributed by atoms with van der Waals surface area (Å²) in [6.07, 6.45) is 1.34. The molecule has 0 aliphatic rings. The third-order valence-corrected chi connectivity index (χ3v) is 8.42. The first-order valence-electron chi connectivity index (χ1n) is 13.9. The van der Waals surface area contributed by atoms with Gasteiger partial charge in [-0.1, -0.05) is 18.2 Å². The normalized spacial score (nSPS) is 11.0. The molecule has 0 bridgehead atoms. The van der Waals surface area contributed by atoms with Gasteiger partial charge in [0, 0.05) is 11.6 Å². The van der Waals surface area contributed by atoms with Crippen LogP contribution in [0.2, 0.25) is 0 Å². The van der Waals surface area contributed by atoms with Gasteiger partial charge in [0.15, 0.2) is 6.61 Å². The van der Waals surface area contributed by atoms with Gasteiger partial charge in [0.05, 0.1) is 41.6 Å². The maximum atomic E-state index is 13.7. The number of nitro benzene ring substituents is 1. The number of methoxy groups -OCH3 is 2. The summed E-state index contributed by atoms with van der Waals surface area (Å²) in [5.41, 5.74) is 3.42. The van der Waals surface area contributed by atoms with E-state index in [0.29, 0.717) is 28.5 Å². The van der Waals surface area contributed by atoms with Crippen LogP contribution in [-0.4, -0.2) is 58.7 Å². The van der Waals surface area contributed by atoms with E-state index < -0.39 is 27.4 Å². The number of sulfonamides is 1. The van der Waals surface area contributed by atoms with Crippen molar-refractivity contribution in [3.05, 3.63) is 112 Å². The molecule has 2 amide bonds. The van der Waals surface area contributed by atoms with Crippen molar-refractivity contribution in [1.29, 1.82) is 0 Å². The van der Waals surface area contributed by atoms with Crippen LogP contribution in [0.3, 0.4) is 0 Å². The summed E-state index contributed by atoms with van der Waals surface area (Å²) in [6.45, 7) is 0.563. The zero-order chi connectivity index (χ0) is 34.0. The molecule has 0 unspecified atom stereocenters. The fourth-order valence-electron chi connectivity index (χ4n) is 4.21. The van der Waals surface area contributed by atoms with E-state index in [1.807, 2.05) is 0 Å². The van der Waals surface area contributed by atoms with E-state index in [-0.39, 0.29) is 34.3 Å². The SMILES string of the molecule is COc1ccc(N(CC(=O)N/N=C/c2ccc(OCC(=O)Nc3ccccc3OC)cc2)S(=O)(=O)c2ccc(C)c([N+](=O)[O-])c2)cc1. The van der Waals surface area contributed by atoms with Gasteiger partial charge in [0.25, 0.3) is 27.5 Å². The summed E-state index contributed by atoms with van der Waals surface area (Å²) in [7, 11) is -1.48. The Kier molecular flexibility index (Phi) is 11.1. The molecular formula is C32H31N5O9S. The molecule has 0 radical (unpaired) electrons. The summed E-state index contributed by atoms with van der Waals surface area (Å²) < 4.78 is 44.0. The molecule has 0 saturated heterocycles. The second kappa shape index (κ2) is 15.4. The van der Waals surface area contributed by atoms with Gasteiger partial charge in [-0.2, -0.15) is 5.10 Å². The van der Waals surface area contributed by atoms with Gasteiger partial charge in [0.1, 0.15) is 23.8 Å². The Bertz CT molecular complexity index is 1880. The van der Waals surface area contributed by atoms with Crippen molar-refractivity contribution in [3.8, 4) is 17.2 Å². The van der Waals surface area contributed by atoms with Crippen LogP contribution in [0.4, 0.5) is 17.1 Å². The maximum absolute atomic E-state index is 13.7. The van der Waals surface area contributed by atoms with Gasteiger partial charge in [-0.15, -0.1) is 0 Å². The maximum Gasteiger partial charge on any atom is 0.273 e. The summed E-state index contributed by atoms with van der Waals surface area (Å²) >= 11 is 0. The number of nitrogens with one attached hydrogen (secondary N) is 2. The lowest BCUT2D eigenvalue weighted by atomic mass is 10.2. The molecule has 47 heavy (non-hydrogen) atoms. The largest absolute Gasteiger partial charge is 0.497 e. The predicted molar refractivity (Wildman–Crippen MR) is 175 cm³/mol. The highest BCUT2D eigenvalue weighted by Crippen LogP contribution is 2.29. The van der Waals surface area contributed by atoms with Crippen molar-refractivity contribution in [2.24, 2.45) is 5.10 Å². The van der Waals surface area contributed by atoms with Crippen LogP contribution in [0.1, 0.15) is 11.1 Å². The number of carbonyl (C=O) groups is 2. The third-order valence-electron chi connectivity index (χ3n) is 6.65. The second-order valence-corrected chi connectivity index (χ2v) is 11.7. The molecule has 14 nitrogen and oxygen atoms in total. The first-order valence-corrected chi connectivity index (χ1v) is 15.4. The minimum absolute atomic E-state index is 0.125. The Morgan fingerprint density at radius 1 is 0.915 bits per heavy atom.